The van der Waals surface area contributed by atoms with E-state index in [4.69, 9.17) is 23.2 Å². The number of hydrogen-bond acceptors (Lipinski definition) is 4. The monoisotopic (exact) mass is 500 g/mol. The Morgan fingerprint density at radius 2 is 1.69 bits per heavy atom. The standard InChI is InChI=1S/C21H20Cl2F2N4O2S/c1-12-11-29(7-6-26-12)32(30,31)19-10-27-21(28-19)20(13-2-4-17(24)15(22)8-13)14-3-5-18(25)16(23)9-14/h2-5,8-10,12,20,26H,6-7,11H2,1H3,(H,27,28). The molecule has 0 aliphatic carbocycles. The van der Waals surface area contributed by atoms with Gasteiger partial charge in [-0.1, -0.05) is 35.3 Å². The number of aromatic nitrogens is 2. The second kappa shape index (κ2) is 9.07. The van der Waals surface area contributed by atoms with Crippen molar-refractivity contribution in [2.45, 2.75) is 23.9 Å². The van der Waals surface area contributed by atoms with Gasteiger partial charge in [0.1, 0.15) is 17.5 Å². The predicted molar refractivity (Wildman–Crippen MR) is 119 cm³/mol. The van der Waals surface area contributed by atoms with Crippen LogP contribution in [-0.2, 0) is 10.0 Å². The smallest absolute Gasteiger partial charge is 0.260 e. The molecule has 1 unspecified atom stereocenters. The average Bonchev–Trinajstić information content (AvgIpc) is 3.24. The lowest BCUT2D eigenvalue weighted by molar-refractivity contribution is 0.309. The first-order valence-electron chi connectivity index (χ1n) is 9.85. The molecule has 11 heteroatoms. The normalized spacial score (nSPS) is 17.8. The molecule has 0 spiro atoms. The third-order valence-electron chi connectivity index (χ3n) is 5.35. The molecule has 2 N–H and O–H groups in total. The summed E-state index contributed by atoms with van der Waals surface area (Å²) in [7, 11) is -3.80. The van der Waals surface area contributed by atoms with E-state index in [2.05, 4.69) is 15.3 Å². The van der Waals surface area contributed by atoms with Gasteiger partial charge >= 0.3 is 0 Å². The Morgan fingerprint density at radius 3 is 2.22 bits per heavy atom. The van der Waals surface area contributed by atoms with Crippen molar-refractivity contribution in [1.82, 2.24) is 19.6 Å². The van der Waals surface area contributed by atoms with Crippen LogP contribution in [-0.4, -0.2) is 48.4 Å². The molecular formula is C21H20Cl2F2N4O2S. The van der Waals surface area contributed by atoms with E-state index in [1.54, 1.807) is 0 Å². The van der Waals surface area contributed by atoms with Gasteiger partial charge in [0.25, 0.3) is 10.0 Å². The number of piperazine rings is 1. The van der Waals surface area contributed by atoms with Crippen LogP contribution in [0, 0.1) is 11.6 Å². The summed E-state index contributed by atoms with van der Waals surface area (Å²) in [4.78, 5) is 7.20. The molecule has 4 rings (SSSR count). The van der Waals surface area contributed by atoms with Crippen LogP contribution in [0.5, 0.6) is 0 Å². The molecule has 6 nitrogen and oxygen atoms in total. The van der Waals surface area contributed by atoms with Crippen LogP contribution in [0.1, 0.15) is 29.8 Å². The number of hydrogen-bond donors (Lipinski definition) is 2. The Morgan fingerprint density at radius 1 is 1.09 bits per heavy atom. The van der Waals surface area contributed by atoms with E-state index in [1.165, 1.54) is 46.9 Å². The number of nitrogens with one attached hydrogen (secondary N) is 2. The quantitative estimate of drug-likeness (QED) is 0.551. The van der Waals surface area contributed by atoms with Gasteiger partial charge in [-0.15, -0.1) is 0 Å². The first-order valence-corrected chi connectivity index (χ1v) is 12.0. The van der Waals surface area contributed by atoms with E-state index < -0.39 is 27.6 Å². The molecule has 1 saturated heterocycles. The van der Waals surface area contributed by atoms with Gasteiger partial charge in [0, 0.05) is 25.7 Å². The van der Waals surface area contributed by atoms with E-state index in [0.29, 0.717) is 30.8 Å². The molecule has 1 fully saturated rings. The highest BCUT2D eigenvalue weighted by Gasteiger charge is 2.31. The Labute approximate surface area is 194 Å². The number of H-pyrrole nitrogens is 1. The largest absolute Gasteiger partial charge is 0.331 e. The van der Waals surface area contributed by atoms with Crippen molar-refractivity contribution in [2.24, 2.45) is 0 Å². The van der Waals surface area contributed by atoms with Gasteiger partial charge in [-0.2, -0.15) is 4.31 Å². The summed E-state index contributed by atoms with van der Waals surface area (Å²) in [5, 5.41) is 2.94. The van der Waals surface area contributed by atoms with Crippen LogP contribution < -0.4 is 5.32 Å². The molecule has 0 bridgehead atoms. The minimum Gasteiger partial charge on any atom is -0.331 e. The molecule has 1 aromatic heterocycles. The summed E-state index contributed by atoms with van der Waals surface area (Å²) >= 11 is 12.0. The van der Waals surface area contributed by atoms with E-state index in [9.17, 15) is 17.2 Å². The van der Waals surface area contributed by atoms with Gasteiger partial charge in [-0.05, 0) is 42.3 Å². The zero-order valence-corrected chi connectivity index (χ0v) is 19.3. The summed E-state index contributed by atoms with van der Waals surface area (Å²) in [5.41, 5.74) is 1.07. The van der Waals surface area contributed by atoms with Crippen molar-refractivity contribution < 1.29 is 17.2 Å². The van der Waals surface area contributed by atoms with Gasteiger partial charge in [-0.3, -0.25) is 0 Å². The second-order valence-corrected chi connectivity index (χ2v) is 10.4. The molecule has 0 radical (unpaired) electrons. The van der Waals surface area contributed by atoms with Crippen LogP contribution in [0.15, 0.2) is 47.6 Å². The van der Waals surface area contributed by atoms with Crippen molar-refractivity contribution in [1.29, 1.82) is 0 Å². The molecular weight excluding hydrogens is 481 g/mol. The van der Waals surface area contributed by atoms with E-state index in [-0.39, 0.29) is 26.9 Å². The summed E-state index contributed by atoms with van der Waals surface area (Å²) in [6.07, 6.45) is 1.25. The first kappa shape index (κ1) is 23.1. The topological polar surface area (TPSA) is 78.1 Å². The first-order chi connectivity index (χ1) is 15.2. The van der Waals surface area contributed by atoms with E-state index in [1.807, 2.05) is 6.92 Å². The molecule has 170 valence electrons. The average molecular weight is 501 g/mol. The lowest BCUT2D eigenvalue weighted by Crippen LogP contribution is -2.51. The number of aromatic amines is 1. The zero-order valence-electron chi connectivity index (χ0n) is 16.9. The fourth-order valence-electron chi connectivity index (χ4n) is 3.74. The number of halogens is 4. The second-order valence-electron chi connectivity index (χ2n) is 7.63. The Kier molecular flexibility index (Phi) is 6.56. The number of rotatable bonds is 5. The van der Waals surface area contributed by atoms with E-state index in [0.717, 1.165) is 0 Å². The third kappa shape index (κ3) is 4.53. The minimum absolute atomic E-state index is 0.0244. The highest BCUT2D eigenvalue weighted by Crippen LogP contribution is 2.34. The van der Waals surface area contributed by atoms with Crippen molar-refractivity contribution in [3.63, 3.8) is 0 Å². The van der Waals surface area contributed by atoms with Crippen LogP contribution in [0.2, 0.25) is 10.0 Å². The van der Waals surface area contributed by atoms with Gasteiger partial charge in [-0.25, -0.2) is 22.2 Å². The van der Waals surface area contributed by atoms with Crippen molar-refractivity contribution in [3.8, 4) is 0 Å². The predicted octanol–water partition coefficient (Wildman–Crippen LogP) is 4.16. The Balaban J connectivity index is 1.78. The third-order valence-corrected chi connectivity index (χ3v) is 7.70. The molecule has 2 heterocycles. The molecule has 1 aliphatic rings. The van der Waals surface area contributed by atoms with Crippen LogP contribution >= 0.6 is 23.2 Å². The lowest BCUT2D eigenvalue weighted by Gasteiger charge is -2.30. The van der Waals surface area contributed by atoms with Crippen molar-refractivity contribution in [3.05, 3.63) is 81.2 Å². The summed E-state index contributed by atoms with van der Waals surface area (Å²) in [6.45, 7) is 3.13. The Bertz CT molecular complexity index is 1200. The van der Waals surface area contributed by atoms with Gasteiger partial charge < -0.3 is 10.3 Å². The number of benzene rings is 2. The fourth-order valence-corrected chi connectivity index (χ4v) is 5.57. The molecule has 3 aromatic rings. The van der Waals surface area contributed by atoms with Crippen molar-refractivity contribution in [2.75, 3.05) is 19.6 Å². The fraction of sp³-hybridized carbons (Fsp3) is 0.286. The maximum absolute atomic E-state index is 13.8. The molecule has 32 heavy (non-hydrogen) atoms. The number of nitrogens with zero attached hydrogens (tertiary/aromatic N) is 2. The van der Waals surface area contributed by atoms with Gasteiger partial charge in [0.05, 0.1) is 22.2 Å². The summed E-state index contributed by atoms with van der Waals surface area (Å²) < 4.78 is 55.2. The minimum atomic E-state index is -3.80. The number of sulfonamides is 1. The number of imidazole rings is 1. The van der Waals surface area contributed by atoms with Crippen molar-refractivity contribution >= 4 is 33.2 Å². The maximum atomic E-state index is 13.8. The maximum Gasteiger partial charge on any atom is 0.260 e. The zero-order chi connectivity index (χ0) is 23.0. The van der Waals surface area contributed by atoms with Gasteiger partial charge in [0.2, 0.25) is 0 Å². The Hall–Kier alpha value is -2.04. The van der Waals surface area contributed by atoms with Crippen LogP contribution in [0.25, 0.3) is 0 Å². The SMILES string of the molecule is CC1CN(S(=O)(=O)c2cnc(C(c3ccc(F)c(Cl)c3)c3ccc(F)c(Cl)c3)[nH]2)CCN1. The summed E-state index contributed by atoms with van der Waals surface area (Å²) in [5.74, 6) is -1.60. The molecule has 2 aromatic carbocycles. The lowest BCUT2D eigenvalue weighted by atomic mass is 9.90. The molecule has 0 saturated carbocycles. The molecule has 0 amide bonds. The van der Waals surface area contributed by atoms with Gasteiger partial charge in [0.15, 0.2) is 5.03 Å². The molecule has 1 aliphatic heterocycles. The highest BCUT2D eigenvalue weighted by atomic mass is 35.5. The molecule has 1 atom stereocenters. The van der Waals surface area contributed by atoms with Crippen LogP contribution in [0.3, 0.4) is 0 Å². The van der Waals surface area contributed by atoms with E-state index >= 15 is 0 Å². The highest BCUT2D eigenvalue weighted by molar-refractivity contribution is 7.89. The van der Waals surface area contributed by atoms with Crippen LogP contribution in [0.4, 0.5) is 8.78 Å². The summed E-state index contributed by atoms with van der Waals surface area (Å²) in [6, 6.07) is 8.31.